The Kier molecular flexibility index (Phi) is 3.19. The molecule has 2 aromatic carbocycles. The van der Waals surface area contributed by atoms with Crippen LogP contribution in [-0.4, -0.2) is 24.0 Å². The van der Waals surface area contributed by atoms with Gasteiger partial charge in [-0.05, 0) is 80.0 Å². The lowest BCUT2D eigenvalue weighted by molar-refractivity contribution is -0.0224. The molecule has 0 amide bonds. The molecule has 1 nitrogen and oxygen atoms in total. The van der Waals surface area contributed by atoms with Gasteiger partial charge in [0.1, 0.15) is 0 Å². The standard InChI is InChI=1S/C25H31N/c1-17-14-19-18-8-6-7-9-20(18)23(2,3)22(19)15-21(17)25-12-10-24(4,11-13-25)26(5)16-25/h6-9,14-15H,10-13,16H2,1-5H3. The van der Waals surface area contributed by atoms with Crippen molar-refractivity contribution in [1.29, 1.82) is 0 Å². The second-order valence-electron chi connectivity index (χ2n) is 10.0. The molecule has 2 aliphatic heterocycles. The molecule has 4 aliphatic rings. The molecule has 0 atom stereocenters. The van der Waals surface area contributed by atoms with Gasteiger partial charge < -0.3 is 4.90 Å². The number of likely N-dealkylation sites (N-methyl/N-ethyl adjacent to an activating group) is 1. The topological polar surface area (TPSA) is 3.24 Å². The Morgan fingerprint density at radius 3 is 2.19 bits per heavy atom. The fourth-order valence-electron chi connectivity index (χ4n) is 6.23. The summed E-state index contributed by atoms with van der Waals surface area (Å²) in [6.45, 7) is 10.8. The maximum atomic E-state index is 2.65. The maximum Gasteiger partial charge on any atom is 0.0179 e. The van der Waals surface area contributed by atoms with Crippen molar-refractivity contribution in [2.24, 2.45) is 0 Å². The first kappa shape index (κ1) is 16.6. The van der Waals surface area contributed by atoms with Gasteiger partial charge in [-0.2, -0.15) is 0 Å². The van der Waals surface area contributed by atoms with Gasteiger partial charge in [-0.3, -0.25) is 0 Å². The van der Waals surface area contributed by atoms with E-state index in [1.807, 2.05) is 0 Å². The van der Waals surface area contributed by atoms with Crippen molar-refractivity contribution in [3.63, 3.8) is 0 Å². The van der Waals surface area contributed by atoms with Crippen molar-refractivity contribution < 1.29 is 0 Å². The SMILES string of the molecule is Cc1cc2c(cc1C13CCC(C)(CC1)N(C)C3)C(C)(C)c1ccccc1-2. The van der Waals surface area contributed by atoms with Crippen molar-refractivity contribution in [1.82, 2.24) is 4.90 Å². The van der Waals surface area contributed by atoms with Crippen LogP contribution in [-0.2, 0) is 10.8 Å². The minimum absolute atomic E-state index is 0.106. The van der Waals surface area contributed by atoms with Gasteiger partial charge in [-0.25, -0.2) is 0 Å². The third-order valence-corrected chi connectivity index (χ3v) is 8.25. The highest BCUT2D eigenvalue weighted by molar-refractivity contribution is 5.81. The molecule has 2 heterocycles. The Bertz CT molecular complexity index is 896. The van der Waals surface area contributed by atoms with Crippen LogP contribution >= 0.6 is 0 Å². The first-order chi connectivity index (χ1) is 12.3. The van der Waals surface area contributed by atoms with Gasteiger partial charge in [0.05, 0.1) is 0 Å². The molecular formula is C25H31N. The van der Waals surface area contributed by atoms with E-state index >= 15 is 0 Å². The van der Waals surface area contributed by atoms with E-state index < -0.39 is 0 Å². The molecule has 6 rings (SSSR count). The Labute approximate surface area is 158 Å². The normalized spacial score (nSPS) is 31.7. The van der Waals surface area contributed by atoms with E-state index in [2.05, 4.69) is 76.0 Å². The van der Waals surface area contributed by atoms with E-state index in [1.54, 1.807) is 5.56 Å². The number of nitrogens with zero attached hydrogens (tertiary/aromatic N) is 1. The Hall–Kier alpha value is -1.60. The lowest BCUT2D eigenvalue weighted by Gasteiger charge is -2.58. The second-order valence-corrected chi connectivity index (χ2v) is 10.0. The Morgan fingerprint density at radius 2 is 1.50 bits per heavy atom. The fraction of sp³-hybridized carbons (Fsp3) is 0.520. The van der Waals surface area contributed by atoms with E-state index in [4.69, 9.17) is 0 Å². The van der Waals surface area contributed by atoms with Crippen LogP contribution in [0.4, 0.5) is 0 Å². The van der Waals surface area contributed by atoms with E-state index in [0.29, 0.717) is 11.0 Å². The molecule has 2 aromatic rings. The highest BCUT2D eigenvalue weighted by atomic mass is 15.2. The van der Waals surface area contributed by atoms with Gasteiger partial charge in [-0.1, -0.05) is 50.2 Å². The van der Waals surface area contributed by atoms with Crippen LogP contribution in [0.3, 0.4) is 0 Å². The van der Waals surface area contributed by atoms with E-state index in [9.17, 15) is 0 Å². The number of piperidine rings is 2. The van der Waals surface area contributed by atoms with E-state index in [-0.39, 0.29) is 5.41 Å². The summed E-state index contributed by atoms with van der Waals surface area (Å²) >= 11 is 0. The molecule has 0 N–H and O–H groups in total. The molecule has 0 aromatic heterocycles. The molecule has 1 saturated carbocycles. The Balaban J connectivity index is 1.68. The minimum Gasteiger partial charge on any atom is -0.300 e. The van der Waals surface area contributed by atoms with Gasteiger partial charge in [0.25, 0.3) is 0 Å². The number of aryl methyl sites for hydroxylation is 1. The van der Waals surface area contributed by atoms with Crippen LogP contribution in [0.15, 0.2) is 36.4 Å². The predicted octanol–water partition coefficient (Wildman–Crippen LogP) is 5.82. The molecule has 2 saturated heterocycles. The second kappa shape index (κ2) is 5.01. The average Bonchev–Trinajstić information content (AvgIpc) is 2.84. The van der Waals surface area contributed by atoms with Gasteiger partial charge >= 0.3 is 0 Å². The molecule has 2 bridgehead atoms. The quantitative estimate of drug-likeness (QED) is 0.630. The molecule has 2 aliphatic carbocycles. The molecule has 3 fully saturated rings. The van der Waals surface area contributed by atoms with Crippen LogP contribution in [0.2, 0.25) is 0 Å². The van der Waals surface area contributed by atoms with Crippen molar-refractivity contribution in [3.8, 4) is 11.1 Å². The van der Waals surface area contributed by atoms with Gasteiger partial charge in [-0.15, -0.1) is 0 Å². The van der Waals surface area contributed by atoms with Gasteiger partial charge in [0.15, 0.2) is 0 Å². The average molecular weight is 346 g/mol. The summed E-state index contributed by atoms with van der Waals surface area (Å²) in [6, 6.07) is 14.1. The zero-order chi connectivity index (χ0) is 18.3. The fourth-order valence-corrected chi connectivity index (χ4v) is 6.23. The minimum atomic E-state index is 0.106. The van der Waals surface area contributed by atoms with Gasteiger partial charge in [0, 0.05) is 22.9 Å². The number of fused-ring (bicyclic) bond motifs is 6. The summed E-state index contributed by atoms with van der Waals surface area (Å²) in [7, 11) is 2.34. The predicted molar refractivity (Wildman–Crippen MR) is 110 cm³/mol. The number of hydrogen-bond donors (Lipinski definition) is 0. The largest absolute Gasteiger partial charge is 0.300 e. The van der Waals surface area contributed by atoms with Crippen molar-refractivity contribution in [2.75, 3.05) is 13.6 Å². The van der Waals surface area contributed by atoms with Gasteiger partial charge in [0.2, 0.25) is 0 Å². The summed E-state index contributed by atoms with van der Waals surface area (Å²) in [6.07, 6.45) is 5.37. The summed E-state index contributed by atoms with van der Waals surface area (Å²) in [5.74, 6) is 0. The number of rotatable bonds is 1. The summed E-state index contributed by atoms with van der Waals surface area (Å²) in [5, 5.41) is 0. The third-order valence-electron chi connectivity index (χ3n) is 8.25. The van der Waals surface area contributed by atoms with Crippen LogP contribution < -0.4 is 0 Å². The maximum absolute atomic E-state index is 2.65. The van der Waals surface area contributed by atoms with Crippen LogP contribution in [0.25, 0.3) is 11.1 Å². The van der Waals surface area contributed by atoms with E-state index in [1.165, 1.54) is 60.0 Å². The molecule has 1 heteroatoms. The smallest absolute Gasteiger partial charge is 0.0179 e. The van der Waals surface area contributed by atoms with Crippen molar-refractivity contribution in [3.05, 3.63) is 58.7 Å². The lowest BCUT2D eigenvalue weighted by atomic mass is 9.59. The first-order valence-electron chi connectivity index (χ1n) is 10.2. The summed E-state index contributed by atoms with van der Waals surface area (Å²) in [4.78, 5) is 2.65. The zero-order valence-electron chi connectivity index (χ0n) is 16.9. The number of hydrogen-bond acceptors (Lipinski definition) is 1. The highest BCUT2D eigenvalue weighted by Crippen LogP contribution is 2.55. The number of benzene rings is 2. The Morgan fingerprint density at radius 1 is 0.808 bits per heavy atom. The third kappa shape index (κ3) is 1.96. The molecule has 0 unspecified atom stereocenters. The van der Waals surface area contributed by atoms with Crippen LogP contribution in [0.1, 0.15) is 68.7 Å². The molecule has 136 valence electrons. The highest BCUT2D eigenvalue weighted by Gasteiger charge is 2.51. The zero-order valence-corrected chi connectivity index (χ0v) is 16.9. The molecule has 0 spiro atoms. The first-order valence-corrected chi connectivity index (χ1v) is 10.2. The molecule has 26 heavy (non-hydrogen) atoms. The monoisotopic (exact) mass is 345 g/mol. The molecular weight excluding hydrogens is 314 g/mol. The van der Waals surface area contributed by atoms with Crippen molar-refractivity contribution in [2.45, 2.75) is 69.7 Å². The summed E-state index contributed by atoms with van der Waals surface area (Å²) in [5.41, 5.74) is 9.95. The van der Waals surface area contributed by atoms with Crippen LogP contribution in [0.5, 0.6) is 0 Å². The summed E-state index contributed by atoms with van der Waals surface area (Å²) < 4.78 is 0. The lowest BCUT2D eigenvalue weighted by Crippen LogP contribution is -2.61. The van der Waals surface area contributed by atoms with Crippen molar-refractivity contribution >= 4 is 0 Å². The van der Waals surface area contributed by atoms with Crippen LogP contribution in [0, 0.1) is 6.92 Å². The van der Waals surface area contributed by atoms with E-state index in [0.717, 1.165) is 0 Å². The molecule has 0 radical (unpaired) electrons.